The Morgan fingerprint density at radius 2 is 1.86 bits per heavy atom. The van der Waals surface area contributed by atoms with Gasteiger partial charge < -0.3 is 4.98 Å². The highest BCUT2D eigenvalue weighted by molar-refractivity contribution is 7.71. The quantitative estimate of drug-likeness (QED) is 0.476. The average molecular weight is 420 g/mol. The molecule has 0 saturated carbocycles. The van der Waals surface area contributed by atoms with Gasteiger partial charge in [0.05, 0.1) is 11.1 Å². The Labute approximate surface area is 178 Å². The van der Waals surface area contributed by atoms with Gasteiger partial charge in [0, 0.05) is 24.5 Å². The molecule has 1 aliphatic rings. The smallest absolute Gasteiger partial charge is 0.267 e. The third kappa shape index (κ3) is 3.37. The maximum Gasteiger partial charge on any atom is 0.267 e. The van der Waals surface area contributed by atoms with Crippen LogP contribution in [0.25, 0.3) is 15.9 Å². The lowest BCUT2D eigenvalue weighted by molar-refractivity contribution is 0.249. The number of hydrogen-bond donors (Lipinski definition) is 1. The number of aromatic nitrogens is 2. The number of H-pyrrole nitrogens is 1. The predicted octanol–water partition coefficient (Wildman–Crippen LogP) is 4.98. The fourth-order valence-corrected chi connectivity index (χ4v) is 5.67. The molecule has 0 atom stereocenters. The van der Waals surface area contributed by atoms with Crippen molar-refractivity contribution in [1.82, 2.24) is 14.5 Å². The first-order chi connectivity index (χ1) is 14.1. The second kappa shape index (κ2) is 7.37. The highest BCUT2D eigenvalue weighted by atomic mass is 32.1. The molecule has 0 radical (unpaired) electrons. The summed E-state index contributed by atoms with van der Waals surface area (Å²) < 4.78 is 2.08. The van der Waals surface area contributed by atoms with Crippen molar-refractivity contribution in [2.24, 2.45) is 0 Å². The zero-order valence-corrected chi connectivity index (χ0v) is 17.8. The SMILES string of the molecule is Cc1ccc(-n2c(=S)[nH]c3sc4c(c3c2=O)CCN(Cc2ccccc2)C4)cc1. The van der Waals surface area contributed by atoms with Gasteiger partial charge in [0.15, 0.2) is 4.77 Å². The summed E-state index contributed by atoms with van der Waals surface area (Å²) in [6.07, 6.45) is 0.885. The first kappa shape index (κ1) is 18.5. The Morgan fingerprint density at radius 1 is 1.10 bits per heavy atom. The van der Waals surface area contributed by atoms with Crippen LogP contribution < -0.4 is 5.56 Å². The van der Waals surface area contributed by atoms with E-state index >= 15 is 0 Å². The fourth-order valence-electron chi connectivity index (χ4n) is 4.03. The summed E-state index contributed by atoms with van der Waals surface area (Å²) in [6, 6.07) is 18.5. The average Bonchev–Trinajstić information content (AvgIpc) is 3.07. The van der Waals surface area contributed by atoms with E-state index in [1.165, 1.54) is 16.0 Å². The molecule has 3 heterocycles. The van der Waals surface area contributed by atoms with Crippen LogP contribution in [0, 0.1) is 11.7 Å². The van der Waals surface area contributed by atoms with Crippen LogP contribution in [0.3, 0.4) is 0 Å². The second-order valence-electron chi connectivity index (χ2n) is 7.56. The number of aromatic amines is 1. The van der Waals surface area contributed by atoms with E-state index < -0.39 is 0 Å². The molecule has 2 aromatic carbocycles. The summed E-state index contributed by atoms with van der Waals surface area (Å²) in [5.74, 6) is 0. The zero-order chi connectivity index (χ0) is 20.0. The maximum atomic E-state index is 13.4. The zero-order valence-electron chi connectivity index (χ0n) is 16.1. The van der Waals surface area contributed by atoms with Crippen LogP contribution >= 0.6 is 23.6 Å². The molecule has 1 N–H and O–H groups in total. The van der Waals surface area contributed by atoms with Gasteiger partial charge in [0.1, 0.15) is 4.83 Å². The number of rotatable bonds is 3. The van der Waals surface area contributed by atoms with E-state index in [9.17, 15) is 4.79 Å². The monoisotopic (exact) mass is 419 g/mol. The predicted molar refractivity (Wildman–Crippen MR) is 122 cm³/mol. The summed E-state index contributed by atoms with van der Waals surface area (Å²) in [5.41, 5.74) is 4.46. The highest BCUT2D eigenvalue weighted by Crippen LogP contribution is 2.33. The molecule has 5 rings (SSSR count). The van der Waals surface area contributed by atoms with Crippen molar-refractivity contribution in [3.63, 3.8) is 0 Å². The third-order valence-corrected chi connectivity index (χ3v) is 6.93. The molecule has 0 bridgehead atoms. The Balaban J connectivity index is 1.55. The molecular formula is C23H21N3OS2. The molecule has 1 aliphatic heterocycles. The number of thiophene rings is 1. The second-order valence-corrected chi connectivity index (χ2v) is 9.05. The molecule has 146 valence electrons. The van der Waals surface area contributed by atoms with Crippen molar-refractivity contribution < 1.29 is 0 Å². The molecule has 0 unspecified atom stereocenters. The molecule has 4 aromatic rings. The van der Waals surface area contributed by atoms with Gasteiger partial charge in [0.2, 0.25) is 0 Å². The summed E-state index contributed by atoms with van der Waals surface area (Å²) in [7, 11) is 0. The van der Waals surface area contributed by atoms with Crippen molar-refractivity contribution in [3.05, 3.63) is 91.3 Å². The number of fused-ring (bicyclic) bond motifs is 3. The lowest BCUT2D eigenvalue weighted by Crippen LogP contribution is -2.30. The molecule has 29 heavy (non-hydrogen) atoms. The first-order valence-corrected chi connectivity index (χ1v) is 11.0. The van der Waals surface area contributed by atoms with Gasteiger partial charge in [-0.3, -0.25) is 14.3 Å². The Hall–Kier alpha value is -2.54. The number of benzene rings is 2. The maximum absolute atomic E-state index is 13.4. The van der Waals surface area contributed by atoms with Crippen molar-refractivity contribution >= 4 is 33.8 Å². The van der Waals surface area contributed by atoms with Gasteiger partial charge in [-0.1, -0.05) is 48.0 Å². The van der Waals surface area contributed by atoms with E-state index in [-0.39, 0.29) is 5.56 Å². The van der Waals surface area contributed by atoms with E-state index in [0.717, 1.165) is 47.5 Å². The van der Waals surface area contributed by atoms with Crippen molar-refractivity contribution in [2.75, 3.05) is 6.54 Å². The fraction of sp³-hybridized carbons (Fsp3) is 0.217. The minimum atomic E-state index is -0.0124. The Bertz CT molecular complexity index is 1300. The van der Waals surface area contributed by atoms with Crippen LogP contribution in [0.1, 0.15) is 21.6 Å². The minimum absolute atomic E-state index is 0.0124. The van der Waals surface area contributed by atoms with Crippen molar-refractivity contribution in [2.45, 2.75) is 26.4 Å². The molecule has 4 nitrogen and oxygen atoms in total. The molecule has 0 saturated heterocycles. The van der Waals surface area contributed by atoms with Crippen molar-refractivity contribution in [1.29, 1.82) is 0 Å². The van der Waals surface area contributed by atoms with E-state index in [2.05, 4.69) is 34.1 Å². The number of nitrogens with zero attached hydrogens (tertiary/aromatic N) is 2. The van der Waals surface area contributed by atoms with Gasteiger partial charge >= 0.3 is 0 Å². The van der Waals surface area contributed by atoms with Crippen LogP contribution in [0.2, 0.25) is 0 Å². The molecule has 2 aromatic heterocycles. The lowest BCUT2D eigenvalue weighted by Gasteiger charge is -2.26. The van der Waals surface area contributed by atoms with Gasteiger partial charge in [-0.05, 0) is 48.8 Å². The van der Waals surface area contributed by atoms with Crippen molar-refractivity contribution in [3.8, 4) is 5.69 Å². The lowest BCUT2D eigenvalue weighted by atomic mass is 10.0. The topological polar surface area (TPSA) is 41.0 Å². The molecule has 0 amide bonds. The number of hydrogen-bond acceptors (Lipinski definition) is 4. The minimum Gasteiger partial charge on any atom is -0.323 e. The summed E-state index contributed by atoms with van der Waals surface area (Å²) in [5, 5.41) is 0.804. The third-order valence-electron chi connectivity index (χ3n) is 5.52. The Kier molecular flexibility index (Phi) is 4.70. The van der Waals surface area contributed by atoms with E-state index in [4.69, 9.17) is 12.2 Å². The summed E-state index contributed by atoms with van der Waals surface area (Å²) in [4.78, 5) is 21.3. The standard InChI is InChI=1S/C23H21N3OS2/c1-15-7-9-17(10-8-15)26-22(27)20-18-11-12-25(13-16-5-3-2-4-6-16)14-19(18)29-21(20)24-23(26)28/h2-10H,11-14H2,1H3,(H,24,28). The highest BCUT2D eigenvalue weighted by Gasteiger charge is 2.24. The summed E-state index contributed by atoms with van der Waals surface area (Å²) >= 11 is 7.21. The molecule has 0 spiro atoms. The molecule has 0 aliphatic carbocycles. The van der Waals surface area contributed by atoms with Gasteiger partial charge in [-0.25, -0.2) is 0 Å². The van der Waals surface area contributed by atoms with E-state index in [1.54, 1.807) is 15.9 Å². The van der Waals surface area contributed by atoms with Crippen LogP contribution in [0.15, 0.2) is 59.4 Å². The molecule has 0 fully saturated rings. The first-order valence-electron chi connectivity index (χ1n) is 9.73. The van der Waals surface area contributed by atoms with Crippen LogP contribution in [0.4, 0.5) is 0 Å². The van der Waals surface area contributed by atoms with E-state index in [0.29, 0.717) is 4.77 Å². The Morgan fingerprint density at radius 3 is 2.62 bits per heavy atom. The van der Waals surface area contributed by atoms with Crippen LogP contribution in [-0.2, 0) is 19.5 Å². The van der Waals surface area contributed by atoms with E-state index in [1.807, 2.05) is 37.3 Å². The van der Waals surface area contributed by atoms with Gasteiger partial charge in [0.25, 0.3) is 5.56 Å². The largest absolute Gasteiger partial charge is 0.323 e. The van der Waals surface area contributed by atoms with Gasteiger partial charge in [-0.2, -0.15) is 0 Å². The van der Waals surface area contributed by atoms with Gasteiger partial charge in [-0.15, -0.1) is 11.3 Å². The normalized spacial score (nSPS) is 14.2. The molecule has 6 heteroatoms. The summed E-state index contributed by atoms with van der Waals surface area (Å²) in [6.45, 7) is 4.78. The molecular weight excluding hydrogens is 398 g/mol. The van der Waals surface area contributed by atoms with Crippen LogP contribution in [0.5, 0.6) is 0 Å². The number of nitrogens with one attached hydrogen (secondary N) is 1. The number of aryl methyl sites for hydroxylation is 1. The van der Waals surface area contributed by atoms with Crippen LogP contribution in [-0.4, -0.2) is 21.0 Å².